The van der Waals surface area contributed by atoms with Gasteiger partial charge in [0.2, 0.25) is 0 Å². The van der Waals surface area contributed by atoms with Crippen LogP contribution in [0.3, 0.4) is 0 Å². The molecule has 0 aliphatic rings. The third-order valence-corrected chi connectivity index (χ3v) is 2.11. The van der Waals surface area contributed by atoms with Gasteiger partial charge in [-0.1, -0.05) is 36.4 Å². The highest BCUT2D eigenvalue weighted by Crippen LogP contribution is 2.02. The third kappa shape index (κ3) is 7.04. The smallest absolute Gasteiger partial charge is 0.270 e. The molecule has 0 atom stereocenters. The zero-order valence-electron chi connectivity index (χ0n) is 9.02. The Morgan fingerprint density at radius 3 is 1.88 bits per heavy atom. The Bertz CT molecular complexity index is 488. The van der Waals surface area contributed by atoms with Gasteiger partial charge in [0.15, 0.2) is 0 Å². The first-order chi connectivity index (χ1) is 8.08. The fraction of sp³-hybridized carbons (Fsp3) is 0. The van der Waals surface area contributed by atoms with E-state index in [1.54, 1.807) is 12.1 Å². The minimum absolute atomic E-state index is 0.356. The van der Waals surface area contributed by atoms with Gasteiger partial charge in [-0.2, -0.15) is 8.42 Å². The van der Waals surface area contributed by atoms with Gasteiger partial charge in [0.25, 0.3) is 10.2 Å². The summed E-state index contributed by atoms with van der Waals surface area (Å²) in [5, 5.41) is 4.70. The molecule has 17 heavy (non-hydrogen) atoms. The Balaban J connectivity index is 0.000000202. The summed E-state index contributed by atoms with van der Waals surface area (Å²) >= 11 is 0. The summed E-state index contributed by atoms with van der Waals surface area (Å²) in [6.45, 7) is 0. The molecule has 5 nitrogen and oxygen atoms in total. The molecule has 90 valence electrons. The molecule has 0 spiro atoms. The number of nitrogens with one attached hydrogen (secondary N) is 1. The Labute approximate surface area is 100 Å². The summed E-state index contributed by atoms with van der Waals surface area (Å²) in [7, 11) is -3.67. The van der Waals surface area contributed by atoms with Gasteiger partial charge in [0.05, 0.1) is 11.9 Å². The van der Waals surface area contributed by atoms with Gasteiger partial charge in [0.1, 0.15) is 0 Å². The number of nitrogens with zero attached hydrogens (tertiary/aromatic N) is 1. The van der Waals surface area contributed by atoms with Crippen LogP contribution in [0.15, 0.2) is 60.9 Å². The van der Waals surface area contributed by atoms with E-state index in [4.69, 9.17) is 5.14 Å². The highest BCUT2D eigenvalue weighted by atomic mass is 32.2. The summed E-state index contributed by atoms with van der Waals surface area (Å²) in [5.74, 6) is 0. The molecule has 0 radical (unpaired) electrons. The number of hydrogen-bond acceptors (Lipinski definition) is 3. The number of aromatic nitrogens is 1. The maximum absolute atomic E-state index is 10.4. The highest BCUT2D eigenvalue weighted by Gasteiger charge is 1.99. The van der Waals surface area contributed by atoms with Crippen LogP contribution in [0.25, 0.3) is 0 Å². The number of pyridine rings is 1. The van der Waals surface area contributed by atoms with Crippen LogP contribution in [0.2, 0.25) is 0 Å². The SMILES string of the molecule is NS(=O)(=O)Nc1cccnc1.c1ccccc1. The molecular weight excluding hydrogens is 238 g/mol. The fourth-order valence-electron chi connectivity index (χ4n) is 0.972. The average Bonchev–Trinajstić information content (AvgIpc) is 2.31. The predicted octanol–water partition coefficient (Wildman–Crippen LogP) is 1.38. The van der Waals surface area contributed by atoms with E-state index >= 15 is 0 Å². The second-order valence-electron chi connectivity index (χ2n) is 3.04. The monoisotopic (exact) mass is 251 g/mol. The van der Waals surface area contributed by atoms with E-state index in [1.165, 1.54) is 12.4 Å². The van der Waals surface area contributed by atoms with Crippen LogP contribution in [-0.4, -0.2) is 13.4 Å². The van der Waals surface area contributed by atoms with Crippen molar-refractivity contribution < 1.29 is 8.42 Å². The van der Waals surface area contributed by atoms with Crippen molar-refractivity contribution in [2.45, 2.75) is 0 Å². The molecule has 2 aromatic rings. The van der Waals surface area contributed by atoms with E-state index in [0.717, 1.165) is 0 Å². The van der Waals surface area contributed by atoms with Gasteiger partial charge in [-0.15, -0.1) is 0 Å². The van der Waals surface area contributed by atoms with E-state index in [2.05, 4.69) is 9.71 Å². The second-order valence-corrected chi connectivity index (χ2v) is 4.34. The van der Waals surface area contributed by atoms with E-state index in [-0.39, 0.29) is 0 Å². The zero-order valence-corrected chi connectivity index (χ0v) is 9.84. The Morgan fingerprint density at radius 1 is 1.00 bits per heavy atom. The summed E-state index contributed by atoms with van der Waals surface area (Å²) in [6, 6.07) is 15.2. The summed E-state index contributed by atoms with van der Waals surface area (Å²) in [4.78, 5) is 3.69. The van der Waals surface area contributed by atoms with Crippen LogP contribution in [0.1, 0.15) is 0 Å². The van der Waals surface area contributed by atoms with Gasteiger partial charge in [-0.25, -0.2) is 5.14 Å². The molecule has 0 bridgehead atoms. The first-order valence-electron chi connectivity index (χ1n) is 4.78. The normalized spacial score (nSPS) is 9.94. The lowest BCUT2D eigenvalue weighted by Gasteiger charge is -2.00. The molecule has 1 aromatic carbocycles. The molecule has 1 aromatic heterocycles. The molecule has 0 saturated heterocycles. The van der Waals surface area contributed by atoms with Crippen molar-refractivity contribution >= 4 is 15.9 Å². The first-order valence-corrected chi connectivity index (χ1v) is 6.33. The van der Waals surface area contributed by atoms with Crippen LogP contribution in [0, 0.1) is 0 Å². The largest absolute Gasteiger partial charge is 0.296 e. The quantitative estimate of drug-likeness (QED) is 0.845. The summed E-state index contributed by atoms with van der Waals surface area (Å²) < 4.78 is 22.9. The van der Waals surface area contributed by atoms with Crippen molar-refractivity contribution in [3.8, 4) is 0 Å². The summed E-state index contributed by atoms with van der Waals surface area (Å²) in [6.07, 6.45) is 2.90. The standard InChI is InChI=1S/C6H6.C5H7N3O2S/c1-2-4-6-5-3-1;6-11(9,10)8-5-2-1-3-7-4-5/h1-6H;1-4,8H,(H2,6,9,10). The van der Waals surface area contributed by atoms with Crippen LogP contribution < -0.4 is 9.86 Å². The summed E-state index contributed by atoms with van der Waals surface area (Å²) in [5.41, 5.74) is 0.356. The van der Waals surface area contributed by atoms with Crippen LogP contribution in [0.5, 0.6) is 0 Å². The van der Waals surface area contributed by atoms with Crippen molar-refractivity contribution in [1.82, 2.24) is 4.98 Å². The molecule has 0 unspecified atom stereocenters. The van der Waals surface area contributed by atoms with Crippen LogP contribution in [-0.2, 0) is 10.2 Å². The van der Waals surface area contributed by atoms with Crippen molar-refractivity contribution in [2.75, 3.05) is 4.72 Å². The van der Waals surface area contributed by atoms with E-state index < -0.39 is 10.2 Å². The minimum atomic E-state index is -3.67. The molecule has 0 aliphatic carbocycles. The number of rotatable bonds is 2. The molecule has 0 saturated carbocycles. The lowest BCUT2D eigenvalue weighted by atomic mass is 10.4. The molecule has 3 N–H and O–H groups in total. The first kappa shape index (κ1) is 13.1. The average molecular weight is 251 g/mol. The maximum atomic E-state index is 10.4. The second kappa shape index (κ2) is 6.62. The predicted molar refractivity (Wildman–Crippen MR) is 67.4 cm³/mol. The van der Waals surface area contributed by atoms with E-state index in [9.17, 15) is 8.42 Å². The Kier molecular flexibility index (Phi) is 5.12. The molecular formula is C11H13N3O2S. The zero-order chi connectivity index (χ0) is 12.6. The molecule has 2 rings (SSSR count). The fourth-order valence-corrected chi connectivity index (χ4v) is 1.42. The van der Waals surface area contributed by atoms with Gasteiger partial charge in [0, 0.05) is 6.20 Å². The number of nitrogens with two attached hydrogens (primary N) is 1. The molecule has 0 aliphatic heterocycles. The maximum Gasteiger partial charge on any atom is 0.296 e. The van der Waals surface area contributed by atoms with Gasteiger partial charge >= 0.3 is 0 Å². The van der Waals surface area contributed by atoms with E-state index in [0.29, 0.717) is 5.69 Å². The lowest BCUT2D eigenvalue weighted by molar-refractivity contribution is 0.603. The molecule has 6 heteroatoms. The van der Waals surface area contributed by atoms with Gasteiger partial charge in [-0.05, 0) is 12.1 Å². The van der Waals surface area contributed by atoms with Crippen molar-refractivity contribution in [2.24, 2.45) is 5.14 Å². The van der Waals surface area contributed by atoms with Crippen LogP contribution in [0.4, 0.5) is 5.69 Å². The lowest BCUT2D eigenvalue weighted by Crippen LogP contribution is -2.21. The number of anilines is 1. The Morgan fingerprint density at radius 2 is 1.53 bits per heavy atom. The topological polar surface area (TPSA) is 85.1 Å². The van der Waals surface area contributed by atoms with E-state index in [1.807, 2.05) is 36.4 Å². The highest BCUT2D eigenvalue weighted by molar-refractivity contribution is 7.90. The minimum Gasteiger partial charge on any atom is -0.270 e. The third-order valence-electron chi connectivity index (χ3n) is 1.59. The molecule has 1 heterocycles. The van der Waals surface area contributed by atoms with Crippen molar-refractivity contribution in [1.29, 1.82) is 0 Å². The Hall–Kier alpha value is -1.92. The van der Waals surface area contributed by atoms with Gasteiger partial charge < -0.3 is 0 Å². The van der Waals surface area contributed by atoms with Gasteiger partial charge in [-0.3, -0.25) is 9.71 Å². The van der Waals surface area contributed by atoms with Crippen LogP contribution >= 0.6 is 0 Å². The van der Waals surface area contributed by atoms with Crippen molar-refractivity contribution in [3.63, 3.8) is 0 Å². The molecule has 0 amide bonds. The van der Waals surface area contributed by atoms with Crippen molar-refractivity contribution in [3.05, 3.63) is 60.9 Å². The molecule has 0 fully saturated rings. The number of benzene rings is 1. The number of hydrogen-bond donors (Lipinski definition) is 2.